The molecule has 0 aliphatic carbocycles. The van der Waals surface area contributed by atoms with Crippen LogP contribution in [0.1, 0.15) is 29.3 Å². The number of benzene rings is 1. The van der Waals surface area contributed by atoms with Crippen LogP contribution in [0.3, 0.4) is 0 Å². The molecule has 0 unspecified atom stereocenters. The molecule has 0 spiro atoms. The van der Waals surface area contributed by atoms with Gasteiger partial charge in [0, 0.05) is 40.3 Å². The van der Waals surface area contributed by atoms with Crippen LogP contribution in [0.2, 0.25) is 0 Å². The van der Waals surface area contributed by atoms with Crippen molar-refractivity contribution in [2.24, 2.45) is 4.99 Å². The molecule has 1 amide bonds. The third-order valence-corrected chi connectivity index (χ3v) is 2.93. The molecule has 6 heteroatoms. The van der Waals surface area contributed by atoms with E-state index in [4.69, 9.17) is 0 Å². The summed E-state index contributed by atoms with van der Waals surface area (Å²) in [4.78, 5) is 20.5. The highest BCUT2D eigenvalue weighted by molar-refractivity contribution is 14.0. The van der Waals surface area contributed by atoms with E-state index in [0.29, 0.717) is 18.7 Å². The zero-order valence-corrected chi connectivity index (χ0v) is 16.4. The van der Waals surface area contributed by atoms with Crippen LogP contribution in [0, 0.1) is 0 Å². The fourth-order valence-electron chi connectivity index (χ4n) is 2.00. The Balaban J connectivity index is 0.00000441. The van der Waals surface area contributed by atoms with Crippen molar-refractivity contribution in [1.29, 1.82) is 0 Å². The van der Waals surface area contributed by atoms with Gasteiger partial charge in [0.15, 0.2) is 5.96 Å². The number of amides is 1. The summed E-state index contributed by atoms with van der Waals surface area (Å²) < 4.78 is 0. The fourth-order valence-corrected chi connectivity index (χ4v) is 2.00. The molecule has 1 aromatic carbocycles. The first-order chi connectivity index (χ1) is 9.95. The lowest BCUT2D eigenvalue weighted by Gasteiger charge is -2.22. The SMILES string of the molecule is CCCNC(=O)c1cccc(CN=C(N(C)C)N(C)C)c1.I. The van der Waals surface area contributed by atoms with Crippen LogP contribution in [0.5, 0.6) is 0 Å². The Hall–Kier alpha value is -1.31. The number of aliphatic imine (C=N–C) groups is 1. The monoisotopic (exact) mass is 418 g/mol. The first-order valence-electron chi connectivity index (χ1n) is 7.22. The Morgan fingerprint density at radius 1 is 1.18 bits per heavy atom. The lowest BCUT2D eigenvalue weighted by Crippen LogP contribution is -2.35. The summed E-state index contributed by atoms with van der Waals surface area (Å²) in [6.45, 7) is 3.29. The van der Waals surface area contributed by atoms with Crippen molar-refractivity contribution in [3.05, 3.63) is 35.4 Å². The van der Waals surface area contributed by atoms with Gasteiger partial charge in [-0.3, -0.25) is 4.79 Å². The van der Waals surface area contributed by atoms with Crippen molar-refractivity contribution >= 4 is 35.8 Å². The number of nitrogens with one attached hydrogen (secondary N) is 1. The molecule has 0 fully saturated rings. The molecule has 0 radical (unpaired) electrons. The van der Waals surface area contributed by atoms with E-state index < -0.39 is 0 Å². The van der Waals surface area contributed by atoms with E-state index >= 15 is 0 Å². The van der Waals surface area contributed by atoms with Crippen LogP contribution >= 0.6 is 24.0 Å². The minimum atomic E-state index is -0.0249. The summed E-state index contributed by atoms with van der Waals surface area (Å²) in [5.41, 5.74) is 1.72. The molecule has 0 aliphatic heterocycles. The molecular weight excluding hydrogens is 391 g/mol. The van der Waals surface area contributed by atoms with Gasteiger partial charge in [0.2, 0.25) is 0 Å². The first-order valence-corrected chi connectivity index (χ1v) is 7.22. The summed E-state index contributed by atoms with van der Waals surface area (Å²) in [5.74, 6) is 0.874. The molecule has 1 rings (SSSR count). The number of hydrogen-bond acceptors (Lipinski definition) is 2. The highest BCUT2D eigenvalue weighted by atomic mass is 127. The molecule has 0 bridgehead atoms. The van der Waals surface area contributed by atoms with E-state index in [1.807, 2.05) is 69.2 Å². The Kier molecular flexibility index (Phi) is 9.80. The molecule has 22 heavy (non-hydrogen) atoms. The van der Waals surface area contributed by atoms with Crippen molar-refractivity contribution in [3.63, 3.8) is 0 Å². The van der Waals surface area contributed by atoms with Crippen molar-refractivity contribution in [3.8, 4) is 0 Å². The minimum absolute atomic E-state index is 0. The van der Waals surface area contributed by atoms with Gasteiger partial charge in [-0.25, -0.2) is 4.99 Å². The molecule has 0 aromatic heterocycles. The second-order valence-corrected chi connectivity index (χ2v) is 5.36. The Labute approximate surface area is 150 Å². The number of rotatable bonds is 5. The average Bonchev–Trinajstić information content (AvgIpc) is 2.44. The topological polar surface area (TPSA) is 47.9 Å². The number of carbonyl (C=O) groups excluding carboxylic acids is 1. The summed E-state index contributed by atoms with van der Waals surface area (Å²) in [6.07, 6.45) is 0.935. The van der Waals surface area contributed by atoms with Gasteiger partial charge < -0.3 is 15.1 Å². The predicted molar refractivity (Wildman–Crippen MR) is 103 cm³/mol. The third-order valence-electron chi connectivity index (χ3n) is 2.93. The van der Waals surface area contributed by atoms with Gasteiger partial charge in [0.1, 0.15) is 0 Å². The van der Waals surface area contributed by atoms with Crippen LogP contribution in [0.4, 0.5) is 0 Å². The average molecular weight is 418 g/mol. The van der Waals surface area contributed by atoms with Gasteiger partial charge in [-0.2, -0.15) is 0 Å². The number of carbonyl (C=O) groups is 1. The van der Waals surface area contributed by atoms with E-state index in [1.54, 1.807) is 0 Å². The number of hydrogen-bond donors (Lipinski definition) is 1. The smallest absolute Gasteiger partial charge is 0.251 e. The maximum absolute atomic E-state index is 11.9. The standard InChI is InChI=1S/C16H26N4O.HI/c1-6-10-17-15(21)14-9-7-8-13(11-14)12-18-16(19(2)3)20(4)5;/h7-9,11H,6,10,12H2,1-5H3,(H,17,21);1H. The molecule has 124 valence electrons. The lowest BCUT2D eigenvalue weighted by molar-refractivity contribution is 0.0953. The molecule has 0 saturated heterocycles. The normalized spacial score (nSPS) is 9.50. The second kappa shape index (κ2) is 10.4. The maximum Gasteiger partial charge on any atom is 0.251 e. The number of guanidine groups is 1. The summed E-state index contributed by atoms with van der Waals surface area (Å²) in [5, 5.41) is 2.89. The van der Waals surface area contributed by atoms with Gasteiger partial charge in [0.05, 0.1) is 6.54 Å². The Bertz CT molecular complexity index is 491. The Morgan fingerprint density at radius 3 is 2.36 bits per heavy atom. The zero-order valence-electron chi connectivity index (χ0n) is 14.1. The van der Waals surface area contributed by atoms with Crippen LogP contribution in [-0.2, 0) is 6.54 Å². The zero-order chi connectivity index (χ0) is 15.8. The van der Waals surface area contributed by atoms with Gasteiger partial charge in [-0.05, 0) is 24.1 Å². The first kappa shape index (κ1) is 20.7. The van der Waals surface area contributed by atoms with E-state index in [1.165, 1.54) is 0 Å². The molecule has 0 aliphatic rings. The van der Waals surface area contributed by atoms with Gasteiger partial charge in [-0.15, -0.1) is 24.0 Å². The van der Waals surface area contributed by atoms with Crippen molar-refractivity contribution < 1.29 is 4.79 Å². The molecule has 5 nitrogen and oxygen atoms in total. The van der Waals surface area contributed by atoms with Crippen molar-refractivity contribution in [1.82, 2.24) is 15.1 Å². The largest absolute Gasteiger partial charge is 0.352 e. The molecule has 1 N–H and O–H groups in total. The molecule has 0 saturated carbocycles. The highest BCUT2D eigenvalue weighted by Gasteiger charge is 2.06. The highest BCUT2D eigenvalue weighted by Crippen LogP contribution is 2.07. The van der Waals surface area contributed by atoms with E-state index in [-0.39, 0.29) is 29.9 Å². The van der Waals surface area contributed by atoms with Crippen LogP contribution < -0.4 is 5.32 Å². The number of halogens is 1. The number of nitrogens with zero attached hydrogens (tertiary/aromatic N) is 3. The quantitative estimate of drug-likeness (QED) is 0.454. The van der Waals surface area contributed by atoms with Crippen LogP contribution in [0.15, 0.2) is 29.3 Å². The lowest BCUT2D eigenvalue weighted by atomic mass is 10.1. The maximum atomic E-state index is 11.9. The summed E-state index contributed by atoms with van der Waals surface area (Å²) in [6, 6.07) is 7.62. The Morgan fingerprint density at radius 2 is 1.82 bits per heavy atom. The molecule has 0 heterocycles. The van der Waals surface area contributed by atoms with E-state index in [9.17, 15) is 4.79 Å². The van der Waals surface area contributed by atoms with Gasteiger partial charge >= 0.3 is 0 Å². The molecule has 0 atom stereocenters. The van der Waals surface area contributed by atoms with Crippen LogP contribution in [-0.4, -0.2) is 56.4 Å². The molecule has 1 aromatic rings. The van der Waals surface area contributed by atoms with E-state index in [2.05, 4.69) is 10.3 Å². The third kappa shape index (κ3) is 6.64. The summed E-state index contributed by atoms with van der Waals surface area (Å²) >= 11 is 0. The minimum Gasteiger partial charge on any atom is -0.352 e. The second-order valence-electron chi connectivity index (χ2n) is 5.36. The van der Waals surface area contributed by atoms with Crippen molar-refractivity contribution in [2.45, 2.75) is 19.9 Å². The van der Waals surface area contributed by atoms with Gasteiger partial charge in [-0.1, -0.05) is 19.1 Å². The van der Waals surface area contributed by atoms with E-state index in [0.717, 1.165) is 17.9 Å². The van der Waals surface area contributed by atoms with Crippen LogP contribution in [0.25, 0.3) is 0 Å². The molecular formula is C16H27IN4O. The fraction of sp³-hybridized carbons (Fsp3) is 0.500. The van der Waals surface area contributed by atoms with Crippen molar-refractivity contribution in [2.75, 3.05) is 34.7 Å². The predicted octanol–water partition coefficient (Wildman–Crippen LogP) is 2.42. The van der Waals surface area contributed by atoms with Gasteiger partial charge in [0.25, 0.3) is 5.91 Å². The summed E-state index contributed by atoms with van der Waals surface area (Å²) in [7, 11) is 7.86.